The van der Waals surface area contributed by atoms with Gasteiger partial charge < -0.3 is 20.6 Å². The summed E-state index contributed by atoms with van der Waals surface area (Å²) in [4.78, 5) is 41.6. The first-order valence-electron chi connectivity index (χ1n) is 10.9. The average Bonchev–Trinajstić information content (AvgIpc) is 3.21. The van der Waals surface area contributed by atoms with E-state index in [1.807, 2.05) is 20.8 Å². The maximum Gasteiger partial charge on any atom is 0.244 e. The van der Waals surface area contributed by atoms with Crippen molar-refractivity contribution < 1.29 is 19.5 Å². The number of thioether (sulfide) groups is 1. The Morgan fingerprint density at radius 3 is 2.62 bits per heavy atom. The Kier molecular flexibility index (Phi) is 6.53. The highest BCUT2D eigenvalue weighted by Gasteiger charge is 2.76. The second-order valence-corrected chi connectivity index (χ2v) is 11.0. The number of hydrogen-bond acceptors (Lipinski definition) is 5. The predicted molar refractivity (Wildman–Crippen MR) is 113 cm³/mol. The number of carbonyl (C=O) groups excluding carboxylic acids is 3. The smallest absolute Gasteiger partial charge is 0.244 e. The molecular weight excluding hydrogens is 390 g/mol. The lowest BCUT2D eigenvalue weighted by atomic mass is 9.66. The Morgan fingerprint density at radius 2 is 2.00 bits per heavy atom. The van der Waals surface area contributed by atoms with Crippen molar-refractivity contribution in [3.05, 3.63) is 0 Å². The number of hydrogen-bond donors (Lipinski definition) is 3. The molecule has 3 N–H and O–H groups in total. The van der Waals surface area contributed by atoms with Crippen LogP contribution in [-0.2, 0) is 14.4 Å². The number of nitrogens with one attached hydrogen (secondary N) is 2. The summed E-state index contributed by atoms with van der Waals surface area (Å²) in [6, 6.07) is -0.577. The molecule has 0 aromatic heterocycles. The fourth-order valence-corrected chi connectivity index (χ4v) is 7.84. The van der Waals surface area contributed by atoms with Gasteiger partial charge in [0.15, 0.2) is 0 Å². The van der Waals surface area contributed by atoms with Crippen LogP contribution in [0.2, 0.25) is 0 Å². The molecule has 3 aliphatic rings. The zero-order chi connectivity index (χ0) is 21.4. The minimum Gasteiger partial charge on any atom is -0.396 e. The van der Waals surface area contributed by atoms with Crippen molar-refractivity contribution in [1.29, 1.82) is 0 Å². The second kappa shape index (κ2) is 8.46. The SMILES string of the molecule is CCCNC(=O)[C@@H]1[C@H]2C(=O)N(CCCCO)C(C(=O)NC(C)C)C23CC[C@@]1(C)S3. The number of rotatable bonds is 9. The summed E-state index contributed by atoms with van der Waals surface area (Å²) in [5.74, 6) is -1.11. The van der Waals surface area contributed by atoms with E-state index in [4.69, 9.17) is 5.11 Å². The van der Waals surface area contributed by atoms with Gasteiger partial charge in [0, 0.05) is 30.5 Å². The second-order valence-electron chi connectivity index (χ2n) is 9.14. The number of aliphatic hydroxyl groups excluding tert-OH is 1. The lowest BCUT2D eigenvalue weighted by Gasteiger charge is -2.35. The summed E-state index contributed by atoms with van der Waals surface area (Å²) in [7, 11) is 0. The molecule has 3 aliphatic heterocycles. The Balaban J connectivity index is 1.96. The Labute approximate surface area is 177 Å². The van der Waals surface area contributed by atoms with E-state index in [1.165, 1.54) is 0 Å². The number of carbonyl (C=O) groups is 3. The molecule has 164 valence electrons. The van der Waals surface area contributed by atoms with Crippen molar-refractivity contribution >= 4 is 29.5 Å². The lowest BCUT2D eigenvalue weighted by Crippen LogP contribution is -2.55. The van der Waals surface area contributed by atoms with E-state index in [0.29, 0.717) is 25.9 Å². The van der Waals surface area contributed by atoms with Crippen LogP contribution in [0.1, 0.15) is 59.8 Å². The Bertz CT molecular complexity index is 672. The molecule has 8 heteroatoms. The molecule has 0 aromatic carbocycles. The van der Waals surface area contributed by atoms with Gasteiger partial charge in [0.2, 0.25) is 17.7 Å². The third kappa shape index (κ3) is 3.67. The van der Waals surface area contributed by atoms with Crippen LogP contribution in [0.15, 0.2) is 0 Å². The van der Waals surface area contributed by atoms with Crippen molar-refractivity contribution in [3.63, 3.8) is 0 Å². The molecule has 1 spiro atoms. The molecule has 3 rings (SSSR count). The van der Waals surface area contributed by atoms with E-state index >= 15 is 0 Å². The number of likely N-dealkylation sites (tertiary alicyclic amines) is 1. The molecule has 2 bridgehead atoms. The van der Waals surface area contributed by atoms with Gasteiger partial charge in [0.1, 0.15) is 6.04 Å². The minimum absolute atomic E-state index is 0.0183. The van der Waals surface area contributed by atoms with Gasteiger partial charge in [-0.05, 0) is 52.9 Å². The van der Waals surface area contributed by atoms with Gasteiger partial charge in [-0.1, -0.05) is 6.92 Å². The highest BCUT2D eigenvalue weighted by Crippen LogP contribution is 2.71. The largest absolute Gasteiger partial charge is 0.396 e. The third-order valence-electron chi connectivity index (χ3n) is 6.59. The van der Waals surface area contributed by atoms with E-state index < -0.39 is 22.6 Å². The van der Waals surface area contributed by atoms with E-state index in [9.17, 15) is 14.4 Å². The van der Waals surface area contributed by atoms with Crippen LogP contribution < -0.4 is 10.6 Å². The van der Waals surface area contributed by atoms with E-state index in [1.54, 1.807) is 16.7 Å². The Hall–Kier alpha value is -1.28. The van der Waals surface area contributed by atoms with Crippen LogP contribution in [-0.4, -0.2) is 69.0 Å². The first-order chi connectivity index (χ1) is 13.7. The van der Waals surface area contributed by atoms with Crippen LogP contribution in [0.25, 0.3) is 0 Å². The first-order valence-corrected chi connectivity index (χ1v) is 11.7. The van der Waals surface area contributed by atoms with Crippen molar-refractivity contribution in [2.45, 2.75) is 81.4 Å². The third-order valence-corrected chi connectivity index (χ3v) is 8.58. The highest BCUT2D eigenvalue weighted by atomic mass is 32.2. The monoisotopic (exact) mass is 425 g/mol. The topological polar surface area (TPSA) is 98.7 Å². The molecule has 3 fully saturated rings. The molecular formula is C21H35N3O4S. The first kappa shape index (κ1) is 22.4. The molecule has 2 unspecified atom stereocenters. The van der Waals surface area contributed by atoms with Gasteiger partial charge in [-0.2, -0.15) is 0 Å². The van der Waals surface area contributed by atoms with Gasteiger partial charge in [-0.3, -0.25) is 14.4 Å². The van der Waals surface area contributed by atoms with Gasteiger partial charge in [0.25, 0.3) is 0 Å². The zero-order valence-electron chi connectivity index (χ0n) is 18.0. The van der Waals surface area contributed by atoms with Gasteiger partial charge in [-0.15, -0.1) is 11.8 Å². The van der Waals surface area contributed by atoms with Gasteiger partial charge >= 0.3 is 0 Å². The van der Waals surface area contributed by atoms with Gasteiger partial charge in [-0.25, -0.2) is 0 Å². The molecule has 0 radical (unpaired) electrons. The van der Waals surface area contributed by atoms with Crippen LogP contribution in [0.5, 0.6) is 0 Å². The maximum absolute atomic E-state index is 13.6. The van der Waals surface area contributed by atoms with Crippen LogP contribution in [0, 0.1) is 11.8 Å². The normalized spacial score (nSPS) is 35.3. The predicted octanol–water partition coefficient (Wildman–Crippen LogP) is 1.29. The number of aliphatic hydroxyl groups is 1. The highest BCUT2D eigenvalue weighted by molar-refractivity contribution is 8.02. The molecule has 5 atom stereocenters. The number of unbranched alkanes of at least 4 members (excludes halogenated alkanes) is 1. The van der Waals surface area contributed by atoms with Crippen molar-refractivity contribution in [1.82, 2.24) is 15.5 Å². The summed E-state index contributed by atoms with van der Waals surface area (Å²) in [5, 5.41) is 15.2. The summed E-state index contributed by atoms with van der Waals surface area (Å²) in [6.45, 7) is 9.03. The molecule has 3 saturated heterocycles. The van der Waals surface area contributed by atoms with Gasteiger partial charge in [0.05, 0.1) is 16.6 Å². The fraction of sp³-hybridized carbons (Fsp3) is 0.857. The number of amides is 3. The Morgan fingerprint density at radius 1 is 1.28 bits per heavy atom. The van der Waals surface area contributed by atoms with Crippen molar-refractivity contribution in [3.8, 4) is 0 Å². The van der Waals surface area contributed by atoms with E-state index in [2.05, 4.69) is 17.6 Å². The summed E-state index contributed by atoms with van der Waals surface area (Å²) in [5.41, 5.74) is 0. The fourth-order valence-electron chi connectivity index (χ4n) is 5.48. The zero-order valence-corrected chi connectivity index (χ0v) is 18.8. The molecule has 3 heterocycles. The van der Waals surface area contributed by atoms with Crippen LogP contribution >= 0.6 is 11.8 Å². The van der Waals surface area contributed by atoms with Crippen molar-refractivity contribution in [2.75, 3.05) is 19.7 Å². The molecule has 0 saturated carbocycles. The molecule has 0 aliphatic carbocycles. The van der Waals surface area contributed by atoms with E-state index in [0.717, 1.165) is 19.3 Å². The lowest BCUT2D eigenvalue weighted by molar-refractivity contribution is -0.140. The molecule has 3 amide bonds. The number of nitrogens with zero attached hydrogens (tertiary/aromatic N) is 1. The summed E-state index contributed by atoms with van der Waals surface area (Å²) < 4.78 is -0.857. The quantitative estimate of drug-likeness (QED) is 0.484. The standard InChI is InChI=1S/C21H35N3O4S/c1-5-10-22-17(26)14-15-19(28)24(11-6-7-12-25)16(18(27)23-13(2)3)21(15)9-8-20(14,4)29-21/h13-16,25H,5-12H2,1-4H3,(H,22,26)(H,23,27)/t14-,15-,16?,20+,21?/m0/s1. The van der Waals surface area contributed by atoms with Crippen molar-refractivity contribution in [2.24, 2.45) is 11.8 Å². The molecule has 7 nitrogen and oxygen atoms in total. The molecule has 29 heavy (non-hydrogen) atoms. The van der Waals surface area contributed by atoms with Crippen LogP contribution in [0.4, 0.5) is 0 Å². The maximum atomic E-state index is 13.6. The van der Waals surface area contributed by atoms with E-state index in [-0.39, 0.29) is 35.1 Å². The minimum atomic E-state index is -0.558. The van der Waals surface area contributed by atoms with Crippen LogP contribution in [0.3, 0.4) is 0 Å². The average molecular weight is 426 g/mol. The number of fused-ring (bicyclic) bond motifs is 1. The summed E-state index contributed by atoms with van der Waals surface area (Å²) >= 11 is 1.70. The molecule has 0 aromatic rings. The summed E-state index contributed by atoms with van der Waals surface area (Å²) in [6.07, 6.45) is 3.69.